The molecular formula is C11H15N5O2S. The Kier molecular flexibility index (Phi) is 5.97. The van der Waals surface area contributed by atoms with Crippen molar-refractivity contribution in [3.8, 4) is 0 Å². The van der Waals surface area contributed by atoms with Gasteiger partial charge in [-0.1, -0.05) is 6.07 Å². The maximum Gasteiger partial charge on any atom is 0.331 e. The minimum atomic E-state index is -1.17. The highest BCUT2D eigenvalue weighted by Gasteiger charge is 2.19. The molecule has 0 atom stereocenters. The van der Waals surface area contributed by atoms with Gasteiger partial charge >= 0.3 is 11.8 Å². The van der Waals surface area contributed by atoms with Crippen molar-refractivity contribution in [1.82, 2.24) is 9.99 Å². The number of nitrogens with zero attached hydrogens (tertiary/aromatic N) is 2. The number of hydrogen-bond donors (Lipinski definition) is 3. The molecule has 2 amide bonds. The molecule has 0 radical (unpaired) electrons. The van der Waals surface area contributed by atoms with Crippen molar-refractivity contribution in [3.63, 3.8) is 0 Å². The Labute approximate surface area is 114 Å². The van der Waals surface area contributed by atoms with Gasteiger partial charge in [0.05, 0.1) is 5.69 Å². The van der Waals surface area contributed by atoms with E-state index in [1.807, 2.05) is 18.2 Å². The number of rotatable bonds is 5. The molecule has 0 unspecified atom stereocenters. The summed E-state index contributed by atoms with van der Waals surface area (Å²) in [4.78, 5) is 25.9. The van der Waals surface area contributed by atoms with Gasteiger partial charge in [-0.2, -0.15) is 11.8 Å². The average Bonchev–Trinajstić information content (AvgIpc) is 2.42. The van der Waals surface area contributed by atoms with Gasteiger partial charge in [0.2, 0.25) is 0 Å². The molecule has 0 saturated heterocycles. The first-order valence-corrected chi connectivity index (χ1v) is 6.61. The summed E-state index contributed by atoms with van der Waals surface area (Å²) in [7, 11) is 0. The second-order valence-corrected chi connectivity index (χ2v) is 4.71. The minimum absolute atomic E-state index is 0.141. The molecule has 19 heavy (non-hydrogen) atoms. The lowest BCUT2D eigenvalue weighted by molar-refractivity contribution is -0.141. The largest absolute Gasteiger partial charge is 0.361 e. The molecule has 1 rings (SSSR count). The van der Waals surface area contributed by atoms with Gasteiger partial charge in [-0.3, -0.25) is 20.0 Å². The summed E-state index contributed by atoms with van der Waals surface area (Å²) in [5.41, 5.74) is 5.73. The van der Waals surface area contributed by atoms with E-state index in [2.05, 4.69) is 4.98 Å². The quantitative estimate of drug-likeness (QED) is 0.132. The van der Waals surface area contributed by atoms with Gasteiger partial charge in [-0.25, -0.2) is 10.9 Å². The van der Waals surface area contributed by atoms with Crippen LogP contribution >= 0.6 is 11.8 Å². The maximum atomic E-state index is 11.1. The molecule has 1 aromatic rings. The van der Waals surface area contributed by atoms with Gasteiger partial charge in [0.1, 0.15) is 5.84 Å². The first-order valence-electron chi connectivity index (χ1n) is 5.46. The number of hydrogen-bond acceptors (Lipinski definition) is 6. The van der Waals surface area contributed by atoms with Crippen LogP contribution in [-0.4, -0.2) is 33.4 Å². The Morgan fingerprint density at radius 2 is 2.16 bits per heavy atom. The highest BCUT2D eigenvalue weighted by Crippen LogP contribution is 2.11. The van der Waals surface area contributed by atoms with E-state index < -0.39 is 11.8 Å². The third-order valence-electron chi connectivity index (χ3n) is 2.18. The molecule has 1 heterocycles. The fourth-order valence-corrected chi connectivity index (χ4v) is 2.05. The molecule has 1 aromatic heterocycles. The van der Waals surface area contributed by atoms with Crippen LogP contribution in [0.2, 0.25) is 0 Å². The van der Waals surface area contributed by atoms with Crippen molar-refractivity contribution in [3.05, 3.63) is 30.1 Å². The molecule has 5 N–H and O–H groups in total. The van der Waals surface area contributed by atoms with Gasteiger partial charge < -0.3 is 5.73 Å². The molecule has 102 valence electrons. The van der Waals surface area contributed by atoms with Crippen LogP contribution in [0.25, 0.3) is 0 Å². The standard InChI is InChI=1S/C11H15N5O2S/c12-9(16(14)11(18)10(13)17)4-6-19-7-8-3-1-2-5-15-8/h1-3,5,12H,4,6-7,14H2,(H2,13,17). The number of primary amides is 1. The summed E-state index contributed by atoms with van der Waals surface area (Å²) in [5, 5.41) is 8.02. The SMILES string of the molecule is N=C(CCSCc1ccccn1)N(N)C(=O)C(N)=O. The smallest absolute Gasteiger partial charge is 0.331 e. The van der Waals surface area contributed by atoms with Crippen molar-refractivity contribution in [2.45, 2.75) is 12.2 Å². The summed E-state index contributed by atoms with van der Waals surface area (Å²) >= 11 is 1.56. The van der Waals surface area contributed by atoms with Gasteiger partial charge in [0.15, 0.2) is 0 Å². The molecule has 0 bridgehead atoms. The number of amidine groups is 1. The van der Waals surface area contributed by atoms with E-state index in [1.54, 1.807) is 18.0 Å². The van der Waals surface area contributed by atoms with Crippen LogP contribution in [0.1, 0.15) is 12.1 Å². The van der Waals surface area contributed by atoms with E-state index in [1.165, 1.54) is 0 Å². The lowest BCUT2D eigenvalue weighted by atomic mass is 10.4. The van der Waals surface area contributed by atoms with Gasteiger partial charge in [-0.15, -0.1) is 0 Å². The van der Waals surface area contributed by atoms with Crippen molar-refractivity contribution in [2.75, 3.05) is 5.75 Å². The zero-order valence-electron chi connectivity index (χ0n) is 10.2. The number of carbonyl (C=O) groups excluding carboxylic acids is 2. The average molecular weight is 281 g/mol. The monoisotopic (exact) mass is 281 g/mol. The lowest BCUT2D eigenvalue weighted by Gasteiger charge is -2.15. The van der Waals surface area contributed by atoms with Gasteiger partial charge in [0.25, 0.3) is 0 Å². The van der Waals surface area contributed by atoms with Crippen LogP contribution in [0.15, 0.2) is 24.4 Å². The lowest BCUT2D eigenvalue weighted by Crippen LogP contribution is -2.48. The van der Waals surface area contributed by atoms with E-state index in [0.29, 0.717) is 16.5 Å². The Balaban J connectivity index is 2.28. The number of amides is 2. The minimum Gasteiger partial charge on any atom is -0.361 e. The number of nitrogens with one attached hydrogen (secondary N) is 1. The molecule has 0 spiro atoms. The number of pyridine rings is 1. The molecule has 0 saturated carbocycles. The highest BCUT2D eigenvalue weighted by atomic mass is 32.2. The van der Waals surface area contributed by atoms with E-state index in [0.717, 1.165) is 5.69 Å². The number of nitrogens with two attached hydrogens (primary N) is 2. The van der Waals surface area contributed by atoms with Crippen LogP contribution in [0.5, 0.6) is 0 Å². The van der Waals surface area contributed by atoms with Crippen molar-refractivity contribution >= 4 is 29.4 Å². The summed E-state index contributed by atoms with van der Waals surface area (Å²) < 4.78 is 0. The predicted octanol–water partition coefficient (Wildman–Crippen LogP) is -0.130. The molecule has 0 aliphatic carbocycles. The second kappa shape index (κ2) is 7.49. The Bertz CT molecular complexity index is 465. The summed E-state index contributed by atoms with van der Waals surface area (Å²) in [6.07, 6.45) is 1.98. The van der Waals surface area contributed by atoms with E-state index >= 15 is 0 Å². The first-order chi connectivity index (χ1) is 9.02. The fraction of sp³-hybridized carbons (Fsp3) is 0.273. The number of carbonyl (C=O) groups is 2. The Hall–Kier alpha value is -1.93. The molecule has 0 fully saturated rings. The molecule has 0 aliphatic rings. The Morgan fingerprint density at radius 3 is 2.74 bits per heavy atom. The predicted molar refractivity (Wildman–Crippen MR) is 73.0 cm³/mol. The van der Waals surface area contributed by atoms with Crippen LogP contribution in [0.4, 0.5) is 0 Å². The van der Waals surface area contributed by atoms with Crippen molar-refractivity contribution in [2.24, 2.45) is 11.6 Å². The Morgan fingerprint density at radius 1 is 1.42 bits per heavy atom. The normalized spacial score (nSPS) is 9.95. The fourth-order valence-electron chi connectivity index (χ4n) is 1.19. The number of hydrazine groups is 1. The van der Waals surface area contributed by atoms with Gasteiger partial charge in [0, 0.05) is 24.1 Å². The van der Waals surface area contributed by atoms with Crippen LogP contribution < -0.4 is 11.6 Å². The van der Waals surface area contributed by atoms with Crippen LogP contribution in [-0.2, 0) is 15.3 Å². The number of thioether (sulfide) groups is 1. The molecule has 8 heteroatoms. The molecule has 7 nitrogen and oxygen atoms in total. The third-order valence-corrected chi connectivity index (χ3v) is 3.17. The molecular weight excluding hydrogens is 266 g/mol. The topological polar surface area (TPSA) is 126 Å². The molecule has 0 aromatic carbocycles. The van der Waals surface area contributed by atoms with E-state index in [-0.39, 0.29) is 12.3 Å². The highest BCUT2D eigenvalue weighted by molar-refractivity contribution is 7.98. The van der Waals surface area contributed by atoms with E-state index in [9.17, 15) is 9.59 Å². The van der Waals surface area contributed by atoms with E-state index in [4.69, 9.17) is 17.0 Å². The zero-order chi connectivity index (χ0) is 14.3. The van der Waals surface area contributed by atoms with Crippen LogP contribution in [0.3, 0.4) is 0 Å². The first kappa shape index (κ1) is 15.1. The third kappa shape index (κ3) is 5.06. The van der Waals surface area contributed by atoms with Crippen molar-refractivity contribution < 1.29 is 9.59 Å². The van der Waals surface area contributed by atoms with Gasteiger partial charge in [-0.05, 0) is 12.1 Å². The summed E-state index contributed by atoms with van der Waals surface area (Å²) in [6, 6.07) is 5.65. The maximum absolute atomic E-state index is 11.1. The second-order valence-electron chi connectivity index (χ2n) is 3.61. The number of aromatic nitrogens is 1. The summed E-state index contributed by atoms with van der Waals surface area (Å²) in [5.74, 6) is 4.20. The van der Waals surface area contributed by atoms with Crippen LogP contribution in [0, 0.1) is 5.41 Å². The zero-order valence-corrected chi connectivity index (χ0v) is 11.0. The summed E-state index contributed by atoms with van der Waals surface area (Å²) in [6.45, 7) is 0. The van der Waals surface area contributed by atoms with Crippen molar-refractivity contribution in [1.29, 1.82) is 5.41 Å². The molecule has 0 aliphatic heterocycles.